The number of H-pyrrole nitrogens is 1. The summed E-state index contributed by atoms with van der Waals surface area (Å²) >= 11 is 0. The summed E-state index contributed by atoms with van der Waals surface area (Å²) in [5.74, 6) is 0.551. The molecule has 2 aliphatic heterocycles. The number of amides is 2. The standard InChI is InChI=1S/C24H25N3O2/c28-23-10-11-25-22-12-16(6-9-21(22)23)15-26-24(29)27-19-7-8-20(27)14-18(13-19)17-4-2-1-3-5-17/h1-6,9-12,18-20H,7-8,13-15H2,(H,25,28)(H,26,29)/t18?,19-,20+. The largest absolute Gasteiger partial charge is 0.361 e. The normalized spacial score (nSPS) is 23.3. The summed E-state index contributed by atoms with van der Waals surface area (Å²) in [6.45, 7) is 0.462. The number of nitrogens with one attached hydrogen (secondary N) is 2. The maximum atomic E-state index is 13.0. The SMILES string of the molecule is O=C(NCc1ccc2c(=O)cc[nH]c2c1)N1[C@@H]2CC[C@H]1CC(c1ccccc1)C2. The van der Waals surface area contributed by atoms with Crippen molar-refractivity contribution in [3.63, 3.8) is 0 Å². The van der Waals surface area contributed by atoms with Gasteiger partial charge in [-0.05, 0) is 54.9 Å². The first-order valence-corrected chi connectivity index (χ1v) is 10.4. The second-order valence-corrected chi connectivity index (χ2v) is 8.25. The molecule has 148 valence electrons. The van der Waals surface area contributed by atoms with Crippen molar-refractivity contribution in [2.75, 3.05) is 0 Å². The van der Waals surface area contributed by atoms with Gasteiger partial charge in [-0.3, -0.25) is 4.79 Å². The van der Waals surface area contributed by atoms with E-state index in [2.05, 4.69) is 45.5 Å². The Hall–Kier alpha value is -3.08. The molecule has 0 saturated carbocycles. The molecule has 2 saturated heterocycles. The van der Waals surface area contributed by atoms with E-state index in [0.29, 0.717) is 29.9 Å². The maximum Gasteiger partial charge on any atom is 0.318 e. The lowest BCUT2D eigenvalue weighted by atomic mass is 9.85. The van der Waals surface area contributed by atoms with Crippen LogP contribution in [0.3, 0.4) is 0 Å². The summed E-state index contributed by atoms with van der Waals surface area (Å²) in [6.07, 6.45) is 5.94. The highest BCUT2D eigenvalue weighted by atomic mass is 16.2. The van der Waals surface area contributed by atoms with E-state index >= 15 is 0 Å². The Labute approximate surface area is 169 Å². The van der Waals surface area contributed by atoms with Crippen molar-refractivity contribution in [1.29, 1.82) is 0 Å². The maximum absolute atomic E-state index is 13.0. The van der Waals surface area contributed by atoms with Crippen LogP contribution in [-0.4, -0.2) is 28.0 Å². The van der Waals surface area contributed by atoms with Gasteiger partial charge in [0, 0.05) is 41.8 Å². The lowest BCUT2D eigenvalue weighted by Gasteiger charge is -2.39. The molecule has 2 bridgehead atoms. The molecule has 5 nitrogen and oxygen atoms in total. The van der Waals surface area contributed by atoms with Crippen molar-refractivity contribution in [2.24, 2.45) is 0 Å². The number of pyridine rings is 1. The Kier molecular flexibility index (Phi) is 4.58. The van der Waals surface area contributed by atoms with Crippen molar-refractivity contribution < 1.29 is 4.79 Å². The van der Waals surface area contributed by atoms with Gasteiger partial charge in [0.15, 0.2) is 5.43 Å². The molecule has 0 radical (unpaired) electrons. The molecule has 3 atom stereocenters. The first-order valence-electron chi connectivity index (χ1n) is 10.4. The van der Waals surface area contributed by atoms with E-state index < -0.39 is 0 Å². The Morgan fingerprint density at radius 1 is 1.03 bits per heavy atom. The molecule has 5 heteroatoms. The third kappa shape index (κ3) is 3.41. The van der Waals surface area contributed by atoms with E-state index in [-0.39, 0.29) is 11.5 Å². The fourth-order valence-corrected chi connectivity index (χ4v) is 5.11. The van der Waals surface area contributed by atoms with E-state index in [1.54, 1.807) is 6.20 Å². The predicted octanol–water partition coefficient (Wildman–Crippen LogP) is 4.15. The van der Waals surface area contributed by atoms with E-state index in [4.69, 9.17) is 0 Å². The average Bonchev–Trinajstić information content (AvgIpc) is 3.02. The van der Waals surface area contributed by atoms with Gasteiger partial charge in [0.2, 0.25) is 0 Å². The van der Waals surface area contributed by atoms with Gasteiger partial charge in [-0.25, -0.2) is 4.79 Å². The minimum Gasteiger partial charge on any atom is -0.361 e. The molecule has 2 amide bonds. The lowest BCUT2D eigenvalue weighted by Crippen LogP contribution is -2.50. The second kappa shape index (κ2) is 7.39. The van der Waals surface area contributed by atoms with Gasteiger partial charge >= 0.3 is 6.03 Å². The Bertz CT molecular complexity index is 1080. The van der Waals surface area contributed by atoms with Crippen LogP contribution in [0.4, 0.5) is 4.79 Å². The van der Waals surface area contributed by atoms with Crippen molar-refractivity contribution in [1.82, 2.24) is 15.2 Å². The fourth-order valence-electron chi connectivity index (χ4n) is 5.11. The van der Waals surface area contributed by atoms with E-state index in [1.807, 2.05) is 18.2 Å². The number of hydrogen-bond donors (Lipinski definition) is 2. The number of hydrogen-bond acceptors (Lipinski definition) is 2. The monoisotopic (exact) mass is 387 g/mol. The van der Waals surface area contributed by atoms with Gasteiger partial charge < -0.3 is 15.2 Å². The summed E-state index contributed by atoms with van der Waals surface area (Å²) in [6, 6.07) is 18.6. The van der Waals surface area contributed by atoms with Crippen molar-refractivity contribution in [3.8, 4) is 0 Å². The zero-order valence-electron chi connectivity index (χ0n) is 16.3. The quantitative estimate of drug-likeness (QED) is 0.709. The Morgan fingerprint density at radius 3 is 2.55 bits per heavy atom. The van der Waals surface area contributed by atoms with Crippen molar-refractivity contribution in [3.05, 3.63) is 82.1 Å². The number of aromatic nitrogens is 1. The highest BCUT2D eigenvalue weighted by molar-refractivity contribution is 5.79. The van der Waals surface area contributed by atoms with E-state index in [1.165, 1.54) is 11.6 Å². The van der Waals surface area contributed by atoms with Gasteiger partial charge in [0.1, 0.15) is 0 Å². The molecular weight excluding hydrogens is 362 g/mol. The van der Waals surface area contributed by atoms with Crippen LogP contribution < -0.4 is 10.7 Å². The number of fused-ring (bicyclic) bond motifs is 3. The number of benzene rings is 2. The molecule has 5 rings (SSSR count). The molecule has 29 heavy (non-hydrogen) atoms. The number of urea groups is 1. The topological polar surface area (TPSA) is 65.2 Å². The highest BCUT2D eigenvalue weighted by Gasteiger charge is 2.43. The first kappa shape index (κ1) is 18.0. The van der Waals surface area contributed by atoms with Crippen molar-refractivity contribution >= 4 is 16.9 Å². The fraction of sp³-hybridized carbons (Fsp3) is 0.333. The summed E-state index contributed by atoms with van der Waals surface area (Å²) < 4.78 is 0. The molecule has 2 N–H and O–H groups in total. The number of piperidine rings is 1. The van der Waals surface area contributed by atoms with Crippen LogP contribution in [0.5, 0.6) is 0 Å². The molecule has 0 spiro atoms. The molecule has 1 unspecified atom stereocenters. The third-order valence-corrected chi connectivity index (χ3v) is 6.51. The highest BCUT2D eigenvalue weighted by Crippen LogP contribution is 2.42. The zero-order chi connectivity index (χ0) is 19.8. The van der Waals surface area contributed by atoms with Gasteiger partial charge in [-0.15, -0.1) is 0 Å². The molecule has 3 heterocycles. The van der Waals surface area contributed by atoms with Crippen molar-refractivity contribution in [2.45, 2.75) is 50.2 Å². The number of carbonyl (C=O) groups excluding carboxylic acids is 1. The van der Waals surface area contributed by atoms with E-state index in [9.17, 15) is 9.59 Å². The number of carbonyl (C=O) groups is 1. The third-order valence-electron chi connectivity index (χ3n) is 6.51. The number of rotatable bonds is 3. The van der Waals surface area contributed by atoms with Crippen LogP contribution >= 0.6 is 0 Å². The summed E-state index contributed by atoms with van der Waals surface area (Å²) in [5.41, 5.74) is 3.19. The molecule has 3 aromatic rings. The smallest absolute Gasteiger partial charge is 0.318 e. The summed E-state index contributed by atoms with van der Waals surface area (Å²) in [5, 5.41) is 3.77. The van der Waals surface area contributed by atoms with Crippen LogP contribution in [0.15, 0.2) is 65.6 Å². The second-order valence-electron chi connectivity index (χ2n) is 8.25. The van der Waals surface area contributed by atoms with Gasteiger partial charge in [0.25, 0.3) is 0 Å². The van der Waals surface area contributed by atoms with Crippen LogP contribution in [0.1, 0.15) is 42.7 Å². The summed E-state index contributed by atoms with van der Waals surface area (Å²) in [7, 11) is 0. The minimum atomic E-state index is 0.00666. The Balaban J connectivity index is 1.26. The lowest BCUT2D eigenvalue weighted by molar-refractivity contribution is 0.138. The number of aromatic amines is 1. The molecule has 0 aliphatic carbocycles. The van der Waals surface area contributed by atoms with E-state index in [0.717, 1.165) is 36.8 Å². The molecule has 2 aromatic carbocycles. The Morgan fingerprint density at radius 2 is 1.79 bits per heavy atom. The number of nitrogens with zero attached hydrogens (tertiary/aromatic N) is 1. The predicted molar refractivity (Wildman–Crippen MR) is 114 cm³/mol. The summed E-state index contributed by atoms with van der Waals surface area (Å²) in [4.78, 5) is 30.0. The van der Waals surface area contributed by atoms with Gasteiger partial charge in [-0.2, -0.15) is 0 Å². The molecular formula is C24H25N3O2. The van der Waals surface area contributed by atoms with Crippen LogP contribution in [0.25, 0.3) is 10.9 Å². The van der Waals surface area contributed by atoms with Gasteiger partial charge in [0.05, 0.1) is 0 Å². The molecule has 1 aromatic heterocycles. The van der Waals surface area contributed by atoms with Gasteiger partial charge in [-0.1, -0.05) is 36.4 Å². The average molecular weight is 387 g/mol. The first-order chi connectivity index (χ1) is 14.2. The molecule has 2 fully saturated rings. The van der Waals surface area contributed by atoms with Crippen LogP contribution in [0.2, 0.25) is 0 Å². The minimum absolute atomic E-state index is 0.00666. The zero-order valence-corrected chi connectivity index (χ0v) is 16.3. The van der Waals surface area contributed by atoms with Crippen LogP contribution in [0, 0.1) is 0 Å². The van der Waals surface area contributed by atoms with Crippen LogP contribution in [-0.2, 0) is 6.54 Å². The molecule has 2 aliphatic rings.